The Morgan fingerprint density at radius 1 is 0.900 bits per heavy atom. The topological polar surface area (TPSA) is 33.2 Å². The van der Waals surface area contributed by atoms with Crippen molar-refractivity contribution in [2.24, 2.45) is 0 Å². The van der Waals surface area contributed by atoms with Crippen molar-refractivity contribution < 1.29 is 4.79 Å². The number of aryl methyl sites for hydroxylation is 1. The Hall–Kier alpha value is -3.50. The van der Waals surface area contributed by atoms with Gasteiger partial charge in [-0.3, -0.25) is 9.69 Å². The van der Waals surface area contributed by atoms with Gasteiger partial charge in [-0.05, 0) is 47.0 Å². The number of carbonyl (C=O) groups excluding carboxylic acids is 1. The third-order valence-corrected chi connectivity index (χ3v) is 6.25. The Balaban J connectivity index is 1.63. The summed E-state index contributed by atoms with van der Waals surface area (Å²) in [4.78, 5) is 20.4. The molecule has 3 nitrogen and oxygen atoms in total. The van der Waals surface area contributed by atoms with Gasteiger partial charge in [0.25, 0.3) is 5.91 Å². The van der Waals surface area contributed by atoms with Gasteiger partial charge in [0.15, 0.2) is 5.13 Å². The van der Waals surface area contributed by atoms with Crippen molar-refractivity contribution in [2.45, 2.75) is 13.5 Å². The lowest BCUT2D eigenvalue weighted by atomic mass is 10.0. The van der Waals surface area contributed by atoms with E-state index in [2.05, 4.69) is 19.1 Å². The maximum Gasteiger partial charge on any atom is 0.261 e. The summed E-state index contributed by atoms with van der Waals surface area (Å²) < 4.78 is 1.09. The molecule has 1 amide bonds. The predicted octanol–water partition coefficient (Wildman–Crippen LogP) is 6.60. The summed E-state index contributed by atoms with van der Waals surface area (Å²) in [6, 6.07) is 30.2. The fourth-order valence-corrected chi connectivity index (χ4v) is 4.75. The number of rotatable bonds is 4. The average Bonchev–Trinajstić information content (AvgIpc) is 3.20. The highest BCUT2D eigenvalue weighted by Crippen LogP contribution is 2.32. The molecule has 0 fully saturated rings. The number of benzene rings is 4. The second-order valence-electron chi connectivity index (χ2n) is 7.37. The van der Waals surface area contributed by atoms with Crippen LogP contribution in [0.1, 0.15) is 21.5 Å². The molecule has 0 saturated carbocycles. The molecule has 0 aliphatic heterocycles. The third-order valence-electron chi connectivity index (χ3n) is 5.21. The first-order valence-corrected chi connectivity index (χ1v) is 10.7. The summed E-state index contributed by atoms with van der Waals surface area (Å²) in [6.07, 6.45) is 0. The lowest BCUT2D eigenvalue weighted by Crippen LogP contribution is -2.30. The smallest absolute Gasteiger partial charge is 0.261 e. The van der Waals surface area contributed by atoms with Crippen LogP contribution in [0.25, 0.3) is 21.0 Å². The second kappa shape index (κ2) is 7.73. The quantitative estimate of drug-likeness (QED) is 0.335. The van der Waals surface area contributed by atoms with Crippen molar-refractivity contribution in [1.29, 1.82) is 0 Å². The van der Waals surface area contributed by atoms with Gasteiger partial charge in [0, 0.05) is 5.56 Å². The number of hydrogen-bond donors (Lipinski definition) is 0. The molecule has 1 aromatic heterocycles. The average molecular weight is 409 g/mol. The molecule has 0 bridgehead atoms. The van der Waals surface area contributed by atoms with Crippen LogP contribution >= 0.6 is 11.3 Å². The molecule has 4 aromatic carbocycles. The van der Waals surface area contributed by atoms with Gasteiger partial charge in [-0.2, -0.15) is 0 Å². The molecular formula is C26H20N2OS. The lowest BCUT2D eigenvalue weighted by molar-refractivity contribution is 0.0986. The summed E-state index contributed by atoms with van der Waals surface area (Å²) in [6.45, 7) is 2.55. The van der Waals surface area contributed by atoms with Crippen molar-refractivity contribution >= 4 is 43.4 Å². The standard InChI is InChI=1S/C26H20N2OS/c1-18-14-15-23-24(16-18)30-26(27-23)28(17-19-8-3-2-4-9-19)25(29)22-13-7-11-20-10-5-6-12-21(20)22/h2-16H,17H2,1H3. The van der Waals surface area contributed by atoms with Crippen LogP contribution in [0, 0.1) is 6.92 Å². The van der Waals surface area contributed by atoms with Gasteiger partial charge in [0.2, 0.25) is 0 Å². The number of thiazole rings is 1. The maximum atomic E-state index is 13.8. The SMILES string of the molecule is Cc1ccc2nc(N(Cc3ccccc3)C(=O)c3cccc4ccccc34)sc2c1. The summed E-state index contributed by atoms with van der Waals surface area (Å²) in [7, 11) is 0. The highest BCUT2D eigenvalue weighted by atomic mass is 32.1. The molecule has 0 atom stereocenters. The van der Waals surface area contributed by atoms with Gasteiger partial charge in [-0.15, -0.1) is 0 Å². The summed E-state index contributed by atoms with van der Waals surface area (Å²) >= 11 is 1.56. The molecule has 1 heterocycles. The highest BCUT2D eigenvalue weighted by Gasteiger charge is 2.23. The normalized spacial score (nSPS) is 11.1. The summed E-state index contributed by atoms with van der Waals surface area (Å²) in [5, 5.41) is 2.74. The van der Waals surface area contributed by atoms with Crippen LogP contribution in [0.2, 0.25) is 0 Å². The molecule has 0 N–H and O–H groups in total. The first-order valence-electron chi connectivity index (χ1n) is 9.90. The Morgan fingerprint density at radius 3 is 2.53 bits per heavy atom. The molecule has 0 aliphatic rings. The molecule has 0 spiro atoms. The van der Waals surface area contributed by atoms with Crippen LogP contribution in [0.5, 0.6) is 0 Å². The van der Waals surface area contributed by atoms with Crippen LogP contribution in [0.3, 0.4) is 0 Å². The monoisotopic (exact) mass is 408 g/mol. The van der Waals surface area contributed by atoms with Crippen LogP contribution < -0.4 is 4.90 Å². The molecule has 146 valence electrons. The Morgan fingerprint density at radius 2 is 1.67 bits per heavy atom. The van der Waals surface area contributed by atoms with Crippen molar-refractivity contribution in [2.75, 3.05) is 4.90 Å². The van der Waals surface area contributed by atoms with Gasteiger partial charge in [0.05, 0.1) is 16.8 Å². The van der Waals surface area contributed by atoms with E-state index in [1.165, 1.54) is 5.56 Å². The Kier molecular flexibility index (Phi) is 4.77. The number of carbonyl (C=O) groups is 1. The minimum absolute atomic E-state index is 0.0357. The van der Waals surface area contributed by atoms with Crippen molar-refractivity contribution in [3.8, 4) is 0 Å². The van der Waals surface area contributed by atoms with E-state index in [0.717, 1.165) is 31.7 Å². The van der Waals surface area contributed by atoms with Gasteiger partial charge in [-0.25, -0.2) is 4.98 Å². The zero-order valence-electron chi connectivity index (χ0n) is 16.6. The molecule has 0 unspecified atom stereocenters. The number of nitrogens with zero attached hydrogens (tertiary/aromatic N) is 2. The molecular weight excluding hydrogens is 388 g/mol. The Bertz CT molecular complexity index is 1350. The largest absolute Gasteiger partial charge is 0.279 e. The first kappa shape index (κ1) is 18.5. The van der Waals surface area contributed by atoms with Gasteiger partial charge in [-0.1, -0.05) is 84.1 Å². The summed E-state index contributed by atoms with van der Waals surface area (Å²) in [5.41, 5.74) is 3.87. The predicted molar refractivity (Wildman–Crippen MR) is 125 cm³/mol. The number of fused-ring (bicyclic) bond motifs is 2. The van der Waals surface area contributed by atoms with E-state index in [0.29, 0.717) is 12.1 Å². The molecule has 30 heavy (non-hydrogen) atoms. The molecule has 5 rings (SSSR count). The molecule has 0 aliphatic carbocycles. The fraction of sp³-hybridized carbons (Fsp3) is 0.0769. The van der Waals surface area contributed by atoms with Gasteiger partial charge < -0.3 is 0 Å². The van der Waals surface area contributed by atoms with E-state index in [9.17, 15) is 4.79 Å². The number of amides is 1. The van der Waals surface area contributed by atoms with E-state index >= 15 is 0 Å². The lowest BCUT2D eigenvalue weighted by Gasteiger charge is -2.21. The Labute approximate surface area is 179 Å². The van der Waals surface area contributed by atoms with Gasteiger partial charge >= 0.3 is 0 Å². The molecule has 4 heteroatoms. The first-order chi connectivity index (χ1) is 14.7. The van der Waals surface area contributed by atoms with E-state index < -0.39 is 0 Å². The highest BCUT2D eigenvalue weighted by molar-refractivity contribution is 7.22. The number of aromatic nitrogens is 1. The van der Waals surface area contributed by atoms with Gasteiger partial charge in [0.1, 0.15) is 0 Å². The minimum Gasteiger partial charge on any atom is -0.279 e. The van der Waals surface area contributed by atoms with Crippen molar-refractivity contribution in [3.05, 3.63) is 108 Å². The van der Waals surface area contributed by atoms with Crippen molar-refractivity contribution in [3.63, 3.8) is 0 Å². The van der Waals surface area contributed by atoms with Crippen molar-refractivity contribution in [1.82, 2.24) is 4.98 Å². The van der Waals surface area contributed by atoms with E-state index in [-0.39, 0.29) is 5.91 Å². The zero-order chi connectivity index (χ0) is 20.5. The fourth-order valence-electron chi connectivity index (χ4n) is 3.68. The minimum atomic E-state index is -0.0357. The van der Waals surface area contributed by atoms with Crippen LogP contribution in [0.4, 0.5) is 5.13 Å². The molecule has 0 saturated heterocycles. The molecule has 0 radical (unpaired) electrons. The maximum absolute atomic E-state index is 13.8. The van der Waals surface area contributed by atoms with E-state index in [4.69, 9.17) is 4.98 Å². The number of anilines is 1. The van der Waals surface area contributed by atoms with Crippen LogP contribution in [-0.4, -0.2) is 10.9 Å². The van der Waals surface area contributed by atoms with Crippen LogP contribution in [-0.2, 0) is 6.54 Å². The number of hydrogen-bond acceptors (Lipinski definition) is 3. The summed E-state index contributed by atoms with van der Waals surface area (Å²) in [5.74, 6) is -0.0357. The zero-order valence-corrected chi connectivity index (χ0v) is 17.4. The van der Waals surface area contributed by atoms with E-state index in [1.54, 1.807) is 16.2 Å². The van der Waals surface area contributed by atoms with E-state index in [1.807, 2.05) is 78.9 Å². The molecule has 5 aromatic rings. The van der Waals surface area contributed by atoms with Crippen LogP contribution in [0.15, 0.2) is 91.0 Å². The third kappa shape index (κ3) is 3.46. The second-order valence-corrected chi connectivity index (χ2v) is 8.38.